The Labute approximate surface area is 117 Å². The Morgan fingerprint density at radius 1 is 0.895 bits per heavy atom. The fourth-order valence-electron chi connectivity index (χ4n) is 1.93. The molecule has 96 valence electrons. The van der Waals surface area contributed by atoms with Crippen molar-refractivity contribution in [2.24, 2.45) is 0 Å². The molecule has 0 atom stereocenters. The fourth-order valence-corrected chi connectivity index (χ4v) is 2.22. The lowest BCUT2D eigenvalue weighted by Gasteiger charge is -2.05. The van der Waals surface area contributed by atoms with Crippen molar-refractivity contribution in [2.75, 3.05) is 0 Å². The molecule has 0 unspecified atom stereocenters. The van der Waals surface area contributed by atoms with Crippen molar-refractivity contribution in [2.45, 2.75) is 18.2 Å². The predicted molar refractivity (Wildman–Crippen MR) is 78.2 cm³/mol. The topological polar surface area (TPSA) is 34.1 Å². The van der Waals surface area contributed by atoms with Gasteiger partial charge < -0.3 is 0 Å². The van der Waals surface area contributed by atoms with Crippen LogP contribution in [0.4, 0.5) is 0 Å². The molecule has 2 aromatic rings. The van der Waals surface area contributed by atoms with Crippen LogP contribution in [0.3, 0.4) is 0 Å². The molecule has 0 fully saturated rings. The van der Waals surface area contributed by atoms with Crippen LogP contribution < -0.4 is 0 Å². The number of thiol groups is 1. The van der Waals surface area contributed by atoms with Crippen molar-refractivity contribution >= 4 is 24.2 Å². The lowest BCUT2D eigenvalue weighted by Crippen LogP contribution is -2.10. The molecule has 0 aliphatic heterocycles. The first-order valence-corrected chi connectivity index (χ1v) is 6.44. The van der Waals surface area contributed by atoms with E-state index in [1.807, 2.05) is 25.1 Å². The second-order valence-electron chi connectivity index (χ2n) is 4.36. The molecule has 0 aromatic heterocycles. The summed E-state index contributed by atoms with van der Waals surface area (Å²) >= 11 is 4.24. The van der Waals surface area contributed by atoms with E-state index < -0.39 is 0 Å². The Morgan fingerprint density at radius 2 is 1.42 bits per heavy atom. The molecule has 0 saturated heterocycles. The largest absolute Gasteiger partial charge is 0.294 e. The van der Waals surface area contributed by atoms with E-state index in [1.165, 1.54) is 0 Å². The molecule has 0 saturated carbocycles. The van der Waals surface area contributed by atoms with Crippen molar-refractivity contribution in [3.63, 3.8) is 0 Å². The fraction of sp³-hybridized carbons (Fsp3) is 0.125. The summed E-state index contributed by atoms with van der Waals surface area (Å²) in [5.74, 6) is -0.349. The van der Waals surface area contributed by atoms with Gasteiger partial charge in [0.05, 0.1) is 6.42 Å². The van der Waals surface area contributed by atoms with E-state index in [1.54, 1.807) is 30.3 Å². The normalized spacial score (nSPS) is 10.2. The van der Waals surface area contributed by atoms with Crippen molar-refractivity contribution in [3.8, 4) is 0 Å². The smallest absolute Gasteiger partial charge is 0.171 e. The van der Waals surface area contributed by atoms with E-state index >= 15 is 0 Å². The van der Waals surface area contributed by atoms with E-state index in [0.29, 0.717) is 16.0 Å². The van der Waals surface area contributed by atoms with Crippen LogP contribution in [0.2, 0.25) is 0 Å². The molecular formula is C16H14O2S. The van der Waals surface area contributed by atoms with Crippen LogP contribution in [0.5, 0.6) is 0 Å². The standard InChI is InChI=1S/C16H14O2S/c1-11-6-2-3-7-12(11)14(17)10-15(18)13-8-4-5-9-16(13)19/h2-9,19H,10H2,1H3. The first kappa shape index (κ1) is 13.6. The Balaban J connectivity index is 2.19. The zero-order chi connectivity index (χ0) is 13.8. The van der Waals surface area contributed by atoms with Gasteiger partial charge in [0.1, 0.15) is 0 Å². The van der Waals surface area contributed by atoms with Gasteiger partial charge >= 0.3 is 0 Å². The summed E-state index contributed by atoms with van der Waals surface area (Å²) in [5.41, 5.74) is 1.99. The summed E-state index contributed by atoms with van der Waals surface area (Å²) in [7, 11) is 0. The van der Waals surface area contributed by atoms with Gasteiger partial charge in [0.25, 0.3) is 0 Å². The summed E-state index contributed by atoms with van der Waals surface area (Å²) < 4.78 is 0. The highest BCUT2D eigenvalue weighted by Gasteiger charge is 2.16. The van der Waals surface area contributed by atoms with E-state index in [-0.39, 0.29) is 18.0 Å². The van der Waals surface area contributed by atoms with Crippen molar-refractivity contribution in [1.29, 1.82) is 0 Å². The summed E-state index contributed by atoms with van der Waals surface area (Å²) in [6.45, 7) is 1.87. The van der Waals surface area contributed by atoms with Gasteiger partial charge in [0.15, 0.2) is 11.6 Å². The number of hydrogen-bond donors (Lipinski definition) is 1. The van der Waals surface area contributed by atoms with E-state index in [4.69, 9.17) is 0 Å². The van der Waals surface area contributed by atoms with E-state index in [9.17, 15) is 9.59 Å². The number of ketones is 2. The molecule has 0 spiro atoms. The van der Waals surface area contributed by atoms with E-state index in [2.05, 4.69) is 12.6 Å². The Hall–Kier alpha value is -1.87. The lowest BCUT2D eigenvalue weighted by molar-refractivity contribution is 0.0892. The highest BCUT2D eigenvalue weighted by molar-refractivity contribution is 7.80. The van der Waals surface area contributed by atoms with Crippen molar-refractivity contribution < 1.29 is 9.59 Å². The maximum Gasteiger partial charge on any atom is 0.171 e. The predicted octanol–water partition coefficient (Wildman–Crippen LogP) is 3.74. The Kier molecular flexibility index (Phi) is 4.17. The number of benzene rings is 2. The van der Waals surface area contributed by atoms with Crippen LogP contribution in [0.1, 0.15) is 32.7 Å². The maximum absolute atomic E-state index is 12.1. The number of Topliss-reactive ketones (excluding diaryl/α,β-unsaturated/α-hetero) is 2. The Morgan fingerprint density at radius 3 is 2.05 bits per heavy atom. The molecule has 19 heavy (non-hydrogen) atoms. The number of carbonyl (C=O) groups excluding carboxylic acids is 2. The first-order chi connectivity index (χ1) is 9.09. The monoisotopic (exact) mass is 270 g/mol. The number of aryl methyl sites for hydroxylation is 1. The summed E-state index contributed by atoms with van der Waals surface area (Å²) in [6, 6.07) is 14.3. The average Bonchev–Trinajstić information content (AvgIpc) is 2.39. The lowest BCUT2D eigenvalue weighted by atomic mass is 9.98. The SMILES string of the molecule is Cc1ccccc1C(=O)CC(=O)c1ccccc1S. The molecule has 2 rings (SSSR count). The minimum absolute atomic E-state index is 0.123. The van der Waals surface area contributed by atoms with Crippen LogP contribution in [0, 0.1) is 6.92 Å². The van der Waals surface area contributed by atoms with Crippen LogP contribution in [-0.2, 0) is 0 Å². The molecular weight excluding hydrogens is 256 g/mol. The summed E-state index contributed by atoms with van der Waals surface area (Å²) in [4.78, 5) is 24.8. The minimum Gasteiger partial charge on any atom is -0.294 e. The van der Waals surface area contributed by atoms with E-state index in [0.717, 1.165) is 5.56 Å². The molecule has 0 radical (unpaired) electrons. The highest BCUT2D eigenvalue weighted by Crippen LogP contribution is 2.17. The Bertz CT molecular complexity index is 577. The zero-order valence-corrected chi connectivity index (χ0v) is 11.5. The van der Waals surface area contributed by atoms with Gasteiger partial charge in [-0.05, 0) is 18.6 Å². The molecule has 2 nitrogen and oxygen atoms in total. The highest BCUT2D eigenvalue weighted by atomic mass is 32.1. The van der Waals surface area contributed by atoms with Gasteiger partial charge in [-0.15, -0.1) is 12.6 Å². The van der Waals surface area contributed by atoms with Crippen LogP contribution in [-0.4, -0.2) is 11.6 Å². The third-order valence-electron chi connectivity index (χ3n) is 2.97. The number of rotatable bonds is 4. The van der Waals surface area contributed by atoms with Crippen molar-refractivity contribution in [1.82, 2.24) is 0 Å². The molecule has 0 aliphatic carbocycles. The third-order valence-corrected chi connectivity index (χ3v) is 3.36. The van der Waals surface area contributed by atoms with Crippen LogP contribution in [0.25, 0.3) is 0 Å². The molecule has 3 heteroatoms. The zero-order valence-electron chi connectivity index (χ0n) is 10.6. The molecule has 0 aliphatic rings. The average molecular weight is 270 g/mol. The van der Waals surface area contributed by atoms with Crippen molar-refractivity contribution in [3.05, 3.63) is 65.2 Å². The van der Waals surface area contributed by atoms with Gasteiger partial charge in [0, 0.05) is 16.0 Å². The van der Waals surface area contributed by atoms with Gasteiger partial charge in [-0.3, -0.25) is 9.59 Å². The minimum atomic E-state index is -0.196. The maximum atomic E-state index is 12.1. The van der Waals surface area contributed by atoms with Gasteiger partial charge in [-0.1, -0.05) is 42.5 Å². The second kappa shape index (κ2) is 5.85. The molecule has 2 aromatic carbocycles. The molecule has 0 amide bonds. The number of hydrogen-bond acceptors (Lipinski definition) is 3. The molecule has 0 bridgehead atoms. The quantitative estimate of drug-likeness (QED) is 0.521. The summed E-state index contributed by atoms with van der Waals surface area (Å²) in [6.07, 6.45) is -0.123. The van der Waals surface area contributed by atoms with Gasteiger partial charge in [-0.25, -0.2) is 0 Å². The number of carbonyl (C=O) groups is 2. The van der Waals surface area contributed by atoms with Crippen LogP contribution >= 0.6 is 12.6 Å². The van der Waals surface area contributed by atoms with Gasteiger partial charge in [0.2, 0.25) is 0 Å². The second-order valence-corrected chi connectivity index (χ2v) is 4.84. The van der Waals surface area contributed by atoms with Crippen LogP contribution in [0.15, 0.2) is 53.4 Å². The van der Waals surface area contributed by atoms with Gasteiger partial charge in [-0.2, -0.15) is 0 Å². The molecule has 0 N–H and O–H groups in total. The third kappa shape index (κ3) is 3.12. The first-order valence-electron chi connectivity index (χ1n) is 5.99. The molecule has 0 heterocycles. The summed E-state index contributed by atoms with van der Waals surface area (Å²) in [5, 5.41) is 0.